The van der Waals surface area contributed by atoms with Crippen molar-refractivity contribution >= 4 is 41.1 Å². The second-order valence-electron chi connectivity index (χ2n) is 6.00. The first kappa shape index (κ1) is 20.7. The molecular weight excluding hydrogens is 413 g/mol. The SMILES string of the molecule is COc1cccc(C=Nc2cccc(Cl)c2Cl)c1OCc1ccc(C(=O)O)cc1. The summed E-state index contributed by atoms with van der Waals surface area (Å²) < 4.78 is 11.4. The predicted octanol–water partition coefficient (Wildman–Crippen LogP) is 6.03. The molecule has 29 heavy (non-hydrogen) atoms. The lowest BCUT2D eigenvalue weighted by molar-refractivity contribution is 0.0697. The average molecular weight is 430 g/mol. The first-order chi connectivity index (χ1) is 14.0. The second-order valence-corrected chi connectivity index (χ2v) is 6.79. The minimum absolute atomic E-state index is 0.220. The fraction of sp³-hybridized carbons (Fsp3) is 0.0909. The van der Waals surface area contributed by atoms with Crippen molar-refractivity contribution in [2.75, 3.05) is 7.11 Å². The van der Waals surface area contributed by atoms with E-state index >= 15 is 0 Å². The van der Waals surface area contributed by atoms with Gasteiger partial charge in [-0.1, -0.05) is 47.5 Å². The summed E-state index contributed by atoms with van der Waals surface area (Å²) in [6.45, 7) is 0.235. The molecule has 0 saturated carbocycles. The summed E-state index contributed by atoms with van der Waals surface area (Å²) >= 11 is 12.2. The van der Waals surface area contributed by atoms with Crippen molar-refractivity contribution in [3.8, 4) is 11.5 Å². The minimum Gasteiger partial charge on any atom is -0.493 e. The van der Waals surface area contributed by atoms with Crippen LogP contribution in [0, 0.1) is 0 Å². The second kappa shape index (κ2) is 9.45. The van der Waals surface area contributed by atoms with Crippen molar-refractivity contribution in [1.82, 2.24) is 0 Å². The number of nitrogens with zero attached hydrogens (tertiary/aromatic N) is 1. The standard InChI is InChI=1S/C22H17Cl2NO4/c1-28-19-7-2-4-16(12-25-18-6-3-5-17(23)20(18)24)21(19)29-13-14-8-10-15(11-9-14)22(26)27/h2-12H,13H2,1H3,(H,26,27). The molecule has 0 aromatic heterocycles. The highest BCUT2D eigenvalue weighted by Crippen LogP contribution is 2.34. The molecule has 0 saturated heterocycles. The number of benzene rings is 3. The van der Waals surface area contributed by atoms with Crippen molar-refractivity contribution in [3.05, 3.63) is 87.4 Å². The van der Waals surface area contributed by atoms with E-state index in [0.717, 1.165) is 5.56 Å². The van der Waals surface area contributed by atoms with Gasteiger partial charge in [-0.2, -0.15) is 0 Å². The van der Waals surface area contributed by atoms with Crippen LogP contribution in [0.2, 0.25) is 10.0 Å². The van der Waals surface area contributed by atoms with E-state index in [1.54, 1.807) is 49.7 Å². The minimum atomic E-state index is -0.972. The third kappa shape index (κ3) is 5.08. The third-order valence-corrected chi connectivity index (χ3v) is 4.90. The molecule has 0 fully saturated rings. The van der Waals surface area contributed by atoms with Gasteiger partial charge in [0.15, 0.2) is 11.5 Å². The Balaban J connectivity index is 1.85. The number of rotatable bonds is 7. The lowest BCUT2D eigenvalue weighted by atomic mass is 10.1. The molecule has 0 amide bonds. The van der Waals surface area contributed by atoms with Crippen LogP contribution in [-0.4, -0.2) is 24.4 Å². The van der Waals surface area contributed by atoms with Crippen molar-refractivity contribution in [2.24, 2.45) is 4.99 Å². The van der Waals surface area contributed by atoms with Gasteiger partial charge in [0.25, 0.3) is 0 Å². The van der Waals surface area contributed by atoms with Crippen molar-refractivity contribution in [1.29, 1.82) is 0 Å². The number of hydrogen-bond acceptors (Lipinski definition) is 4. The molecule has 0 heterocycles. The van der Waals surface area contributed by atoms with Crippen LogP contribution in [0.25, 0.3) is 0 Å². The van der Waals surface area contributed by atoms with E-state index in [-0.39, 0.29) is 12.2 Å². The van der Waals surface area contributed by atoms with Gasteiger partial charge < -0.3 is 14.6 Å². The van der Waals surface area contributed by atoms with Crippen molar-refractivity contribution < 1.29 is 19.4 Å². The Morgan fingerprint density at radius 1 is 1.07 bits per heavy atom. The largest absolute Gasteiger partial charge is 0.493 e. The van der Waals surface area contributed by atoms with Crippen LogP contribution in [0.3, 0.4) is 0 Å². The first-order valence-corrected chi connectivity index (χ1v) is 9.35. The van der Waals surface area contributed by atoms with Gasteiger partial charge in [-0.15, -0.1) is 0 Å². The van der Waals surface area contributed by atoms with Gasteiger partial charge in [-0.25, -0.2) is 4.79 Å². The molecule has 0 aliphatic rings. The molecule has 0 bridgehead atoms. The number of halogens is 2. The lowest BCUT2D eigenvalue weighted by Crippen LogP contribution is -2.02. The molecule has 0 spiro atoms. The monoisotopic (exact) mass is 429 g/mol. The number of carboxylic acids is 1. The van der Waals surface area contributed by atoms with Crippen LogP contribution in [0.1, 0.15) is 21.5 Å². The van der Waals surface area contributed by atoms with Gasteiger partial charge in [0.2, 0.25) is 0 Å². The zero-order valence-corrected chi connectivity index (χ0v) is 16.9. The number of carbonyl (C=O) groups is 1. The van der Waals surface area contributed by atoms with Gasteiger partial charge in [-0.3, -0.25) is 4.99 Å². The third-order valence-electron chi connectivity index (χ3n) is 4.09. The zero-order chi connectivity index (χ0) is 20.8. The molecule has 5 nitrogen and oxygen atoms in total. The van der Waals surface area contributed by atoms with Gasteiger partial charge >= 0.3 is 5.97 Å². The topological polar surface area (TPSA) is 68.1 Å². The Morgan fingerprint density at radius 3 is 2.48 bits per heavy atom. The van der Waals surface area contributed by atoms with E-state index < -0.39 is 5.97 Å². The molecule has 3 aromatic rings. The predicted molar refractivity (Wildman–Crippen MR) is 114 cm³/mol. The van der Waals surface area contributed by atoms with Gasteiger partial charge in [-0.05, 0) is 42.0 Å². The van der Waals surface area contributed by atoms with Crippen LogP contribution in [0.4, 0.5) is 5.69 Å². The fourth-order valence-electron chi connectivity index (χ4n) is 2.58. The summed E-state index contributed by atoms with van der Waals surface area (Å²) in [6.07, 6.45) is 1.63. The summed E-state index contributed by atoms with van der Waals surface area (Å²) in [5.74, 6) is 0.0906. The Hall–Kier alpha value is -3.02. The highest BCUT2D eigenvalue weighted by molar-refractivity contribution is 6.43. The normalized spacial score (nSPS) is 10.9. The molecule has 7 heteroatoms. The van der Waals surface area contributed by atoms with Gasteiger partial charge in [0, 0.05) is 11.8 Å². The molecule has 1 N–H and O–H groups in total. The summed E-state index contributed by atoms with van der Waals surface area (Å²) in [6, 6.07) is 17.2. The quantitative estimate of drug-likeness (QED) is 0.465. The van der Waals surface area contributed by atoms with Crippen LogP contribution >= 0.6 is 23.2 Å². The molecule has 3 rings (SSSR count). The molecular formula is C22H17Cl2NO4. The van der Waals surface area contributed by atoms with E-state index in [9.17, 15) is 4.79 Å². The Bertz CT molecular complexity index is 1050. The van der Waals surface area contributed by atoms with Crippen LogP contribution in [0.5, 0.6) is 11.5 Å². The van der Waals surface area contributed by atoms with E-state index in [2.05, 4.69) is 4.99 Å². The van der Waals surface area contributed by atoms with E-state index in [0.29, 0.717) is 32.8 Å². The lowest BCUT2D eigenvalue weighted by Gasteiger charge is -2.13. The zero-order valence-electron chi connectivity index (χ0n) is 15.4. The number of carboxylic acid groups (broad SMARTS) is 1. The number of ether oxygens (including phenoxy) is 2. The molecule has 0 atom stereocenters. The van der Waals surface area contributed by atoms with Crippen LogP contribution in [0.15, 0.2) is 65.7 Å². The highest BCUT2D eigenvalue weighted by Gasteiger charge is 2.11. The summed E-state index contributed by atoms with van der Waals surface area (Å²) in [4.78, 5) is 15.4. The highest BCUT2D eigenvalue weighted by atomic mass is 35.5. The maximum Gasteiger partial charge on any atom is 0.335 e. The maximum atomic E-state index is 11.0. The smallest absolute Gasteiger partial charge is 0.335 e. The average Bonchev–Trinajstić information content (AvgIpc) is 2.73. The van der Waals surface area contributed by atoms with Crippen LogP contribution in [-0.2, 0) is 6.61 Å². The molecule has 0 aliphatic heterocycles. The summed E-state index contributed by atoms with van der Waals surface area (Å²) in [7, 11) is 1.55. The molecule has 148 valence electrons. The summed E-state index contributed by atoms with van der Waals surface area (Å²) in [5, 5.41) is 9.79. The van der Waals surface area contributed by atoms with Crippen molar-refractivity contribution in [3.63, 3.8) is 0 Å². The van der Waals surface area contributed by atoms with Crippen LogP contribution < -0.4 is 9.47 Å². The fourth-order valence-corrected chi connectivity index (χ4v) is 2.92. The number of hydrogen-bond donors (Lipinski definition) is 1. The van der Waals surface area contributed by atoms with Gasteiger partial charge in [0.05, 0.1) is 28.4 Å². The first-order valence-electron chi connectivity index (χ1n) is 8.59. The molecule has 0 radical (unpaired) electrons. The Morgan fingerprint density at radius 2 is 1.79 bits per heavy atom. The molecule has 0 unspecified atom stereocenters. The number of methoxy groups -OCH3 is 1. The van der Waals surface area contributed by atoms with E-state index in [1.807, 2.05) is 12.1 Å². The van der Waals surface area contributed by atoms with Gasteiger partial charge in [0.1, 0.15) is 6.61 Å². The van der Waals surface area contributed by atoms with E-state index in [4.69, 9.17) is 37.8 Å². The Labute approximate surface area is 178 Å². The molecule has 3 aromatic carbocycles. The number of aromatic carboxylic acids is 1. The maximum absolute atomic E-state index is 11.0. The van der Waals surface area contributed by atoms with Crippen molar-refractivity contribution in [2.45, 2.75) is 6.61 Å². The summed E-state index contributed by atoms with van der Waals surface area (Å²) in [5.41, 5.74) is 2.28. The van der Waals surface area contributed by atoms with E-state index in [1.165, 1.54) is 12.1 Å². The Kier molecular flexibility index (Phi) is 6.75. The number of para-hydroxylation sites is 1. The number of aliphatic imine (C=N–C) groups is 1. The molecule has 0 aliphatic carbocycles.